The third kappa shape index (κ3) is 3.76. The number of aromatic nitrogens is 1. The van der Waals surface area contributed by atoms with Gasteiger partial charge in [-0.1, -0.05) is 35.1 Å². The lowest BCUT2D eigenvalue weighted by Gasteiger charge is -2.07. The van der Waals surface area contributed by atoms with Crippen molar-refractivity contribution >= 4 is 39.1 Å². The molecule has 0 aliphatic heterocycles. The molecule has 0 atom stereocenters. The van der Waals surface area contributed by atoms with Gasteiger partial charge >= 0.3 is 0 Å². The molecule has 1 heterocycles. The van der Waals surface area contributed by atoms with E-state index in [9.17, 15) is 4.79 Å². The Bertz CT molecular complexity index is 978. The standard InChI is InChI=1S/C18H17ClN2O3S/c1-23-10-9-21-16-14(24-2)7-4-8-15(16)25-18(21)20-17(22)12-5-3-6-13(19)11-12/h3-8,11H,9-10H2,1-2H3. The minimum Gasteiger partial charge on any atom is -0.495 e. The molecule has 0 unspecified atom stereocenters. The van der Waals surface area contributed by atoms with E-state index in [0.29, 0.717) is 28.5 Å². The van der Waals surface area contributed by atoms with Crippen LogP contribution in [0.4, 0.5) is 0 Å². The molecule has 0 saturated carbocycles. The zero-order valence-corrected chi connectivity index (χ0v) is 15.4. The molecule has 0 spiro atoms. The van der Waals surface area contributed by atoms with E-state index < -0.39 is 0 Å². The van der Waals surface area contributed by atoms with E-state index >= 15 is 0 Å². The number of methoxy groups -OCH3 is 2. The van der Waals surface area contributed by atoms with Gasteiger partial charge in [-0.3, -0.25) is 4.79 Å². The number of hydrogen-bond acceptors (Lipinski definition) is 4. The Labute approximate surface area is 154 Å². The van der Waals surface area contributed by atoms with Gasteiger partial charge in [0, 0.05) is 24.2 Å². The predicted molar refractivity (Wildman–Crippen MR) is 99.6 cm³/mol. The third-order valence-corrected chi connectivity index (χ3v) is 4.95. The summed E-state index contributed by atoms with van der Waals surface area (Å²) >= 11 is 7.40. The zero-order chi connectivity index (χ0) is 17.8. The summed E-state index contributed by atoms with van der Waals surface area (Å²) in [7, 11) is 3.27. The van der Waals surface area contributed by atoms with Gasteiger partial charge in [0.15, 0.2) is 4.80 Å². The van der Waals surface area contributed by atoms with Gasteiger partial charge in [0.05, 0.1) is 18.4 Å². The van der Waals surface area contributed by atoms with E-state index in [1.54, 1.807) is 38.5 Å². The lowest BCUT2D eigenvalue weighted by atomic mass is 10.2. The van der Waals surface area contributed by atoms with Gasteiger partial charge in [0.2, 0.25) is 0 Å². The van der Waals surface area contributed by atoms with Gasteiger partial charge < -0.3 is 14.0 Å². The maximum Gasteiger partial charge on any atom is 0.279 e. The highest BCUT2D eigenvalue weighted by Gasteiger charge is 2.13. The first-order chi connectivity index (χ1) is 12.1. The summed E-state index contributed by atoms with van der Waals surface area (Å²) in [4.78, 5) is 17.4. The molecule has 1 amide bonds. The van der Waals surface area contributed by atoms with Crippen LogP contribution >= 0.6 is 22.9 Å². The fraction of sp³-hybridized carbons (Fsp3) is 0.222. The fourth-order valence-corrected chi connectivity index (χ4v) is 3.77. The van der Waals surface area contributed by atoms with Crippen molar-refractivity contribution in [3.8, 4) is 5.75 Å². The van der Waals surface area contributed by atoms with Crippen molar-refractivity contribution < 1.29 is 14.3 Å². The topological polar surface area (TPSA) is 52.8 Å². The number of ether oxygens (including phenoxy) is 2. The second-order valence-corrected chi connectivity index (χ2v) is 6.71. The number of amides is 1. The van der Waals surface area contributed by atoms with E-state index in [1.807, 2.05) is 22.8 Å². The normalized spacial score (nSPS) is 11.9. The van der Waals surface area contributed by atoms with Crippen LogP contribution in [0.2, 0.25) is 5.02 Å². The molecule has 7 heteroatoms. The molecule has 0 saturated heterocycles. The van der Waals surface area contributed by atoms with Crippen molar-refractivity contribution in [1.82, 2.24) is 4.57 Å². The maximum atomic E-state index is 12.5. The van der Waals surface area contributed by atoms with Gasteiger partial charge in [0.25, 0.3) is 5.91 Å². The number of rotatable bonds is 5. The van der Waals surface area contributed by atoms with Crippen LogP contribution in [-0.4, -0.2) is 31.3 Å². The minimum atomic E-state index is -0.334. The van der Waals surface area contributed by atoms with E-state index in [1.165, 1.54) is 11.3 Å². The minimum absolute atomic E-state index is 0.334. The average molecular weight is 377 g/mol. The van der Waals surface area contributed by atoms with Crippen molar-refractivity contribution in [3.05, 3.63) is 57.9 Å². The molecule has 0 radical (unpaired) electrons. The summed E-state index contributed by atoms with van der Waals surface area (Å²) in [6.07, 6.45) is 0. The lowest BCUT2D eigenvalue weighted by Crippen LogP contribution is -2.19. The molecule has 0 aliphatic rings. The summed E-state index contributed by atoms with van der Waals surface area (Å²) in [6, 6.07) is 12.6. The quantitative estimate of drug-likeness (QED) is 0.681. The Balaban J connectivity index is 2.15. The Morgan fingerprint density at radius 3 is 2.76 bits per heavy atom. The monoisotopic (exact) mass is 376 g/mol. The fourth-order valence-electron chi connectivity index (χ4n) is 2.51. The number of benzene rings is 2. The van der Waals surface area contributed by atoms with Crippen LogP contribution in [0.5, 0.6) is 5.75 Å². The molecular weight excluding hydrogens is 360 g/mol. The number of para-hydroxylation sites is 1. The van der Waals surface area contributed by atoms with Gasteiger partial charge in [0.1, 0.15) is 11.3 Å². The molecule has 3 aromatic rings. The van der Waals surface area contributed by atoms with E-state index in [2.05, 4.69) is 4.99 Å². The van der Waals surface area contributed by atoms with Crippen molar-refractivity contribution in [2.24, 2.45) is 4.99 Å². The van der Waals surface area contributed by atoms with Crippen LogP contribution in [0.1, 0.15) is 10.4 Å². The molecule has 2 aromatic carbocycles. The van der Waals surface area contributed by atoms with Crippen molar-refractivity contribution in [3.63, 3.8) is 0 Å². The van der Waals surface area contributed by atoms with Crippen molar-refractivity contribution in [2.45, 2.75) is 6.54 Å². The van der Waals surface area contributed by atoms with Gasteiger partial charge in [-0.2, -0.15) is 4.99 Å². The number of nitrogens with zero attached hydrogens (tertiary/aromatic N) is 2. The molecule has 0 N–H and O–H groups in total. The number of halogens is 1. The first-order valence-corrected chi connectivity index (χ1v) is 8.83. The molecule has 0 aliphatic carbocycles. The largest absolute Gasteiger partial charge is 0.495 e. The molecule has 0 fully saturated rings. The second-order valence-electron chi connectivity index (χ2n) is 5.26. The summed E-state index contributed by atoms with van der Waals surface area (Å²) < 4.78 is 13.6. The van der Waals surface area contributed by atoms with Crippen LogP contribution in [0.25, 0.3) is 10.2 Å². The Morgan fingerprint density at radius 2 is 2.04 bits per heavy atom. The molecular formula is C18H17ClN2O3S. The van der Waals surface area contributed by atoms with Crippen LogP contribution in [0.3, 0.4) is 0 Å². The first kappa shape index (κ1) is 17.7. The number of thiazole rings is 1. The van der Waals surface area contributed by atoms with Crippen molar-refractivity contribution in [1.29, 1.82) is 0 Å². The molecule has 130 valence electrons. The Kier molecular flexibility index (Phi) is 5.53. The van der Waals surface area contributed by atoms with Gasteiger partial charge in [-0.25, -0.2) is 0 Å². The first-order valence-electron chi connectivity index (χ1n) is 7.64. The summed E-state index contributed by atoms with van der Waals surface area (Å²) in [5.41, 5.74) is 1.36. The number of carbonyl (C=O) groups is 1. The zero-order valence-electron chi connectivity index (χ0n) is 13.9. The van der Waals surface area contributed by atoms with E-state index in [4.69, 9.17) is 21.1 Å². The summed E-state index contributed by atoms with van der Waals surface area (Å²) in [6.45, 7) is 1.07. The average Bonchev–Trinajstić information content (AvgIpc) is 2.97. The molecule has 5 nitrogen and oxygen atoms in total. The molecule has 1 aromatic heterocycles. The SMILES string of the molecule is COCCn1c(=NC(=O)c2cccc(Cl)c2)sc2cccc(OC)c21. The molecule has 3 rings (SSSR count). The number of fused-ring (bicyclic) bond motifs is 1. The highest BCUT2D eigenvalue weighted by atomic mass is 35.5. The Hall–Kier alpha value is -2.15. The molecule has 25 heavy (non-hydrogen) atoms. The highest BCUT2D eigenvalue weighted by Crippen LogP contribution is 2.27. The lowest BCUT2D eigenvalue weighted by molar-refractivity contribution is 0.0997. The smallest absolute Gasteiger partial charge is 0.279 e. The van der Waals surface area contributed by atoms with Gasteiger partial charge in [-0.05, 0) is 30.3 Å². The van der Waals surface area contributed by atoms with Gasteiger partial charge in [-0.15, -0.1) is 0 Å². The van der Waals surface area contributed by atoms with E-state index in [-0.39, 0.29) is 5.91 Å². The molecule has 0 bridgehead atoms. The second kappa shape index (κ2) is 7.82. The van der Waals surface area contributed by atoms with Crippen LogP contribution in [-0.2, 0) is 11.3 Å². The summed E-state index contributed by atoms with van der Waals surface area (Å²) in [5, 5.41) is 0.506. The van der Waals surface area contributed by atoms with Crippen LogP contribution in [0, 0.1) is 0 Å². The van der Waals surface area contributed by atoms with E-state index in [0.717, 1.165) is 16.0 Å². The number of carbonyl (C=O) groups excluding carboxylic acids is 1. The number of hydrogen-bond donors (Lipinski definition) is 0. The van der Waals surface area contributed by atoms with Crippen LogP contribution < -0.4 is 9.54 Å². The third-order valence-electron chi connectivity index (χ3n) is 3.67. The highest BCUT2D eigenvalue weighted by molar-refractivity contribution is 7.16. The Morgan fingerprint density at radius 1 is 1.24 bits per heavy atom. The van der Waals surface area contributed by atoms with Crippen LogP contribution in [0.15, 0.2) is 47.5 Å². The van der Waals surface area contributed by atoms with Crippen molar-refractivity contribution in [2.75, 3.05) is 20.8 Å². The predicted octanol–water partition coefficient (Wildman–Crippen LogP) is 3.75. The summed E-state index contributed by atoms with van der Waals surface area (Å²) in [5.74, 6) is 0.403. The maximum absolute atomic E-state index is 12.5.